The fraction of sp³-hybridized carbons (Fsp3) is 0.542. The molecule has 0 aromatic heterocycles. The maximum atomic E-state index is 13.5. The second-order valence-electron chi connectivity index (χ2n) is 9.74. The van der Waals surface area contributed by atoms with Crippen LogP contribution >= 0.6 is 0 Å². The van der Waals surface area contributed by atoms with Crippen LogP contribution in [0.15, 0.2) is 17.4 Å². The van der Waals surface area contributed by atoms with Crippen molar-refractivity contribution in [1.82, 2.24) is 0 Å². The lowest BCUT2D eigenvalue weighted by atomic mass is 9.59. The Morgan fingerprint density at radius 1 is 1.13 bits per heavy atom. The molecule has 0 bridgehead atoms. The van der Waals surface area contributed by atoms with Crippen LogP contribution in [-0.4, -0.2) is 27.6 Å². The van der Waals surface area contributed by atoms with Crippen LogP contribution in [0.5, 0.6) is 17.2 Å². The van der Waals surface area contributed by atoms with Gasteiger partial charge in [0.2, 0.25) is 0 Å². The first-order valence-electron chi connectivity index (χ1n) is 10.4. The molecule has 2 aliphatic rings. The molecule has 6 heteroatoms. The van der Waals surface area contributed by atoms with E-state index in [-0.39, 0.29) is 52.5 Å². The Balaban J connectivity index is 2.37. The summed E-state index contributed by atoms with van der Waals surface area (Å²) in [4.78, 5) is 39.0. The number of Topliss-reactive ketones (excluding diaryl/α,β-unsaturated/α-hetero) is 3. The predicted molar refractivity (Wildman–Crippen MR) is 112 cm³/mol. The highest BCUT2D eigenvalue weighted by Crippen LogP contribution is 2.57. The minimum atomic E-state index is -1.23. The van der Waals surface area contributed by atoms with E-state index in [4.69, 9.17) is 4.74 Å². The van der Waals surface area contributed by atoms with Gasteiger partial charge in [-0.15, -0.1) is 0 Å². The summed E-state index contributed by atoms with van der Waals surface area (Å²) in [6, 6.07) is 1.31. The summed E-state index contributed by atoms with van der Waals surface area (Å²) in [5.41, 5.74) is -1.74. The standard InChI is InChI=1S/C24H30O6/c1-8-13(25)18-14(26)10-15-16(19(18)27)12(9-11(2)3)17-20(28)23(4,5)22(29)24(6,7)21(17)30-15/h10-12,26-27H,8-9H2,1-7H3. The summed E-state index contributed by atoms with van der Waals surface area (Å²) in [7, 11) is 0. The molecule has 162 valence electrons. The molecule has 2 N–H and O–H groups in total. The van der Waals surface area contributed by atoms with Gasteiger partial charge in [-0.1, -0.05) is 20.8 Å². The van der Waals surface area contributed by atoms with Gasteiger partial charge >= 0.3 is 0 Å². The quantitative estimate of drug-likeness (QED) is 0.548. The number of phenols is 2. The average Bonchev–Trinajstić information content (AvgIpc) is 2.64. The highest BCUT2D eigenvalue weighted by atomic mass is 16.5. The van der Waals surface area contributed by atoms with E-state index in [2.05, 4.69) is 0 Å². The number of hydrogen-bond acceptors (Lipinski definition) is 6. The van der Waals surface area contributed by atoms with E-state index < -0.39 is 22.5 Å². The molecule has 1 aromatic carbocycles. The molecule has 1 unspecified atom stereocenters. The fourth-order valence-corrected chi connectivity index (χ4v) is 4.74. The van der Waals surface area contributed by atoms with Gasteiger partial charge in [-0.05, 0) is 40.0 Å². The molecule has 1 aromatic rings. The van der Waals surface area contributed by atoms with Gasteiger partial charge in [-0.25, -0.2) is 0 Å². The van der Waals surface area contributed by atoms with Crippen molar-refractivity contribution in [3.8, 4) is 17.2 Å². The van der Waals surface area contributed by atoms with Gasteiger partial charge in [0.1, 0.15) is 28.6 Å². The molecule has 1 aliphatic heterocycles. The number of ether oxygens (including phenoxy) is 1. The summed E-state index contributed by atoms with van der Waals surface area (Å²) in [5, 5.41) is 21.4. The Hall–Kier alpha value is -2.63. The fourth-order valence-electron chi connectivity index (χ4n) is 4.74. The zero-order chi connectivity index (χ0) is 22.8. The van der Waals surface area contributed by atoms with E-state index in [0.717, 1.165) is 0 Å². The Morgan fingerprint density at radius 2 is 1.73 bits per heavy atom. The monoisotopic (exact) mass is 414 g/mol. The van der Waals surface area contributed by atoms with Gasteiger partial charge in [0.25, 0.3) is 0 Å². The summed E-state index contributed by atoms with van der Waals surface area (Å²) < 4.78 is 6.03. The lowest BCUT2D eigenvalue weighted by Gasteiger charge is -2.45. The van der Waals surface area contributed by atoms with Gasteiger partial charge in [0, 0.05) is 29.5 Å². The minimum absolute atomic E-state index is 0.108. The maximum absolute atomic E-state index is 13.5. The highest BCUT2D eigenvalue weighted by Gasteiger charge is 2.57. The second-order valence-corrected chi connectivity index (χ2v) is 9.74. The molecule has 1 heterocycles. The molecule has 1 atom stereocenters. The summed E-state index contributed by atoms with van der Waals surface area (Å²) in [6.07, 6.45) is 0.621. The third-order valence-corrected chi connectivity index (χ3v) is 6.26. The van der Waals surface area contributed by atoms with Gasteiger partial charge in [-0.3, -0.25) is 14.4 Å². The molecule has 0 saturated carbocycles. The third-order valence-electron chi connectivity index (χ3n) is 6.26. The first kappa shape index (κ1) is 22.1. The van der Waals surface area contributed by atoms with Crippen LogP contribution in [0.4, 0.5) is 0 Å². The summed E-state index contributed by atoms with van der Waals surface area (Å²) in [6.45, 7) is 12.3. The van der Waals surface area contributed by atoms with Crippen molar-refractivity contribution in [2.75, 3.05) is 0 Å². The zero-order valence-corrected chi connectivity index (χ0v) is 18.7. The Bertz CT molecular complexity index is 993. The van der Waals surface area contributed by atoms with E-state index in [1.165, 1.54) is 6.07 Å². The maximum Gasteiger partial charge on any atom is 0.175 e. The van der Waals surface area contributed by atoms with Crippen LogP contribution in [0.2, 0.25) is 0 Å². The van der Waals surface area contributed by atoms with E-state index in [0.29, 0.717) is 17.6 Å². The van der Waals surface area contributed by atoms with Crippen LogP contribution < -0.4 is 4.74 Å². The lowest BCUT2D eigenvalue weighted by molar-refractivity contribution is -0.144. The molecule has 0 spiro atoms. The third kappa shape index (κ3) is 2.96. The van der Waals surface area contributed by atoms with Crippen LogP contribution in [0.3, 0.4) is 0 Å². The van der Waals surface area contributed by atoms with Gasteiger partial charge in [0.15, 0.2) is 17.3 Å². The number of hydrogen-bond donors (Lipinski definition) is 2. The van der Waals surface area contributed by atoms with E-state index >= 15 is 0 Å². The van der Waals surface area contributed by atoms with Crippen LogP contribution in [0.1, 0.15) is 83.1 Å². The zero-order valence-electron chi connectivity index (χ0n) is 18.7. The SMILES string of the molecule is CCC(=O)c1c(O)cc2c(c1O)C(CC(C)C)C1=C(O2)C(C)(C)C(=O)C(C)(C)C1=O. The largest absolute Gasteiger partial charge is 0.507 e. The van der Waals surface area contributed by atoms with Gasteiger partial charge in [-0.2, -0.15) is 0 Å². The van der Waals surface area contributed by atoms with E-state index in [1.807, 2.05) is 13.8 Å². The van der Waals surface area contributed by atoms with Gasteiger partial charge in [0.05, 0.1) is 10.8 Å². The molecule has 0 fully saturated rings. The second kappa shape index (κ2) is 6.96. The number of carbonyl (C=O) groups is 3. The first-order chi connectivity index (χ1) is 13.8. The molecule has 30 heavy (non-hydrogen) atoms. The Kier molecular flexibility index (Phi) is 5.12. The molecule has 3 rings (SSSR count). The van der Waals surface area contributed by atoms with Crippen LogP contribution in [-0.2, 0) is 9.59 Å². The average molecular weight is 414 g/mol. The number of carbonyl (C=O) groups excluding carboxylic acids is 3. The van der Waals surface area contributed by atoms with Crippen molar-refractivity contribution in [1.29, 1.82) is 0 Å². The van der Waals surface area contributed by atoms with Crippen LogP contribution in [0, 0.1) is 16.7 Å². The number of allylic oxidation sites excluding steroid dienone is 2. The molecule has 0 saturated heterocycles. The molecule has 0 radical (unpaired) electrons. The number of aromatic hydroxyl groups is 2. The molecular formula is C24H30O6. The Morgan fingerprint density at radius 3 is 2.27 bits per heavy atom. The van der Waals surface area contributed by atoms with Crippen LogP contribution in [0.25, 0.3) is 0 Å². The number of fused-ring (bicyclic) bond motifs is 1. The molecular weight excluding hydrogens is 384 g/mol. The number of rotatable bonds is 4. The minimum Gasteiger partial charge on any atom is -0.507 e. The van der Waals surface area contributed by atoms with Crippen molar-refractivity contribution in [2.45, 2.75) is 67.2 Å². The van der Waals surface area contributed by atoms with E-state index in [9.17, 15) is 24.6 Å². The number of phenolic OH excluding ortho intramolecular Hbond substituents is 2. The predicted octanol–water partition coefficient (Wildman–Crippen LogP) is 4.67. The molecule has 6 nitrogen and oxygen atoms in total. The van der Waals surface area contributed by atoms with Crippen molar-refractivity contribution in [2.24, 2.45) is 16.7 Å². The van der Waals surface area contributed by atoms with Gasteiger partial charge < -0.3 is 14.9 Å². The Labute approximate surface area is 176 Å². The van der Waals surface area contributed by atoms with Crippen molar-refractivity contribution >= 4 is 17.3 Å². The van der Waals surface area contributed by atoms with Crippen molar-refractivity contribution in [3.05, 3.63) is 28.5 Å². The van der Waals surface area contributed by atoms with E-state index in [1.54, 1.807) is 34.6 Å². The molecule has 0 amide bonds. The lowest BCUT2D eigenvalue weighted by Crippen LogP contribution is -2.51. The smallest absolute Gasteiger partial charge is 0.175 e. The summed E-state index contributed by atoms with van der Waals surface area (Å²) >= 11 is 0. The summed E-state index contributed by atoms with van der Waals surface area (Å²) in [5.74, 6) is -1.64. The number of ketones is 3. The molecule has 1 aliphatic carbocycles. The number of benzene rings is 1. The normalized spacial score (nSPS) is 21.9. The first-order valence-corrected chi connectivity index (χ1v) is 10.4. The highest BCUT2D eigenvalue weighted by molar-refractivity contribution is 6.20. The van der Waals surface area contributed by atoms with Crippen molar-refractivity contribution < 1.29 is 29.3 Å². The van der Waals surface area contributed by atoms with Crippen molar-refractivity contribution in [3.63, 3.8) is 0 Å². The topological polar surface area (TPSA) is 101 Å².